The van der Waals surface area contributed by atoms with Gasteiger partial charge in [0.15, 0.2) is 0 Å². The van der Waals surface area contributed by atoms with E-state index in [9.17, 15) is 0 Å². The Kier molecular flexibility index (Phi) is 2.82. The molecule has 0 aliphatic rings. The Bertz CT molecular complexity index is 181. The van der Waals surface area contributed by atoms with Gasteiger partial charge in [-0.3, -0.25) is 0 Å². The van der Waals surface area contributed by atoms with Crippen LogP contribution in [0.3, 0.4) is 0 Å². The minimum atomic E-state index is 0.880. The minimum absolute atomic E-state index is 0.880. The number of benzene rings is 1. The average Bonchev–Trinajstić information content (AvgIpc) is 1.90. The molecule has 0 fully saturated rings. The van der Waals surface area contributed by atoms with Crippen molar-refractivity contribution in [2.75, 3.05) is 0 Å². The third kappa shape index (κ3) is 2.16. The van der Waals surface area contributed by atoms with Gasteiger partial charge in [-0.15, -0.1) is 0 Å². The average molecular weight is 274 g/mol. The van der Waals surface area contributed by atoms with Crippen molar-refractivity contribution in [1.29, 1.82) is 0 Å². The molecular formula is C7H7ErO. The van der Waals surface area contributed by atoms with Gasteiger partial charge in [0.1, 0.15) is 0 Å². The molecule has 0 saturated carbocycles. The fourth-order valence-electron chi connectivity index (χ4n) is 0.578. The van der Waals surface area contributed by atoms with Gasteiger partial charge in [-0.1, -0.05) is 0 Å². The monoisotopic (exact) mass is 273 g/mol. The van der Waals surface area contributed by atoms with Crippen LogP contribution in [0.25, 0.3) is 0 Å². The van der Waals surface area contributed by atoms with Crippen LogP contribution in [0, 0.1) is 42.9 Å². The molecule has 9 heavy (non-hydrogen) atoms. The van der Waals surface area contributed by atoms with Crippen molar-refractivity contribution in [2.45, 2.75) is 6.92 Å². The van der Waals surface area contributed by atoms with Crippen LogP contribution in [-0.4, -0.2) is 0 Å². The first-order valence-corrected chi connectivity index (χ1v) is 3.40. The van der Waals surface area contributed by atoms with Crippen molar-refractivity contribution in [3.05, 3.63) is 29.8 Å². The number of hydrogen-bond donors (Lipinski definition) is 0. The Hall–Kier alpha value is 0.267. The summed E-state index contributed by atoms with van der Waals surface area (Å²) in [6.45, 7) is 2.05. The molecule has 0 aliphatic heterocycles. The van der Waals surface area contributed by atoms with E-state index in [1.807, 2.05) is 31.2 Å². The predicted octanol–water partition coefficient (Wildman–Crippen LogP) is 1.84. The molecule has 2 heteroatoms. The summed E-state index contributed by atoms with van der Waals surface area (Å²) < 4.78 is 4.89. The molecule has 1 aromatic rings. The molecule has 0 amide bonds. The van der Waals surface area contributed by atoms with E-state index >= 15 is 0 Å². The maximum absolute atomic E-state index is 4.89. The van der Waals surface area contributed by atoms with Crippen molar-refractivity contribution in [3.63, 3.8) is 0 Å². The molecule has 0 atom stereocenters. The van der Waals surface area contributed by atoms with E-state index in [-0.39, 0.29) is 0 Å². The molecular weight excluding hydrogens is 267 g/mol. The van der Waals surface area contributed by atoms with Crippen molar-refractivity contribution < 1.29 is 37.4 Å². The molecule has 0 N–H and O–H groups in total. The maximum atomic E-state index is 4.89. The first-order valence-electron chi connectivity index (χ1n) is 2.64. The third-order valence-electron chi connectivity index (χ3n) is 1.09. The zero-order chi connectivity index (χ0) is 6.69. The molecule has 0 radical (unpaired) electrons. The molecule has 1 aromatic carbocycles. The van der Waals surface area contributed by atoms with E-state index < -0.39 is 0 Å². The fraction of sp³-hybridized carbons (Fsp3) is 0.143. The normalized spacial score (nSPS) is 9.22. The second-order valence-electron chi connectivity index (χ2n) is 1.87. The predicted molar refractivity (Wildman–Crippen MR) is 31.8 cm³/mol. The summed E-state index contributed by atoms with van der Waals surface area (Å²) >= 11 is 2.21. The zero-order valence-electron chi connectivity index (χ0n) is 5.01. The first-order chi connectivity index (χ1) is 4.33. The van der Waals surface area contributed by atoms with Gasteiger partial charge in [-0.05, 0) is 0 Å². The van der Waals surface area contributed by atoms with Crippen molar-refractivity contribution in [2.24, 2.45) is 0 Å². The second kappa shape index (κ2) is 3.44. The Morgan fingerprint density at radius 2 is 1.78 bits per heavy atom. The van der Waals surface area contributed by atoms with Gasteiger partial charge < -0.3 is 0 Å². The summed E-state index contributed by atoms with van der Waals surface area (Å²) in [6, 6.07) is 7.89. The summed E-state index contributed by atoms with van der Waals surface area (Å²) in [5.41, 5.74) is 1.25. The quantitative estimate of drug-likeness (QED) is 0.759. The molecule has 0 saturated heterocycles. The van der Waals surface area contributed by atoms with Crippen molar-refractivity contribution >= 4 is 0 Å². The van der Waals surface area contributed by atoms with E-state index in [2.05, 4.69) is 35.9 Å². The molecule has 0 aromatic heterocycles. The summed E-state index contributed by atoms with van der Waals surface area (Å²) in [6.07, 6.45) is 0. The van der Waals surface area contributed by atoms with Gasteiger partial charge in [0.2, 0.25) is 0 Å². The summed E-state index contributed by atoms with van der Waals surface area (Å²) in [5.74, 6) is 0.880. The summed E-state index contributed by atoms with van der Waals surface area (Å²) in [4.78, 5) is 0. The Morgan fingerprint density at radius 3 is 2.22 bits per heavy atom. The van der Waals surface area contributed by atoms with Gasteiger partial charge in [-0.2, -0.15) is 0 Å². The van der Waals surface area contributed by atoms with Crippen LogP contribution in [-0.2, 0) is 0 Å². The van der Waals surface area contributed by atoms with E-state index in [4.69, 9.17) is 1.50 Å². The van der Waals surface area contributed by atoms with E-state index in [0.29, 0.717) is 0 Å². The standard InChI is InChI=1S/C7H8O.Er/c1-6-2-4-7(8)5-3-6;/h2-5,8H,1H3;/q;+1/p-1. The molecule has 0 heterocycles. The molecule has 1 nitrogen and oxygen atoms in total. The Balaban J connectivity index is 2.88. The van der Waals surface area contributed by atoms with Crippen LogP contribution in [0.5, 0.6) is 5.75 Å². The SMILES string of the molecule is Cc1ccc([O][Er])cc1. The van der Waals surface area contributed by atoms with E-state index in [0.717, 1.165) is 5.75 Å². The molecule has 0 aliphatic carbocycles. The second-order valence-corrected chi connectivity index (χ2v) is 2.25. The summed E-state index contributed by atoms with van der Waals surface area (Å²) in [7, 11) is 0. The molecule has 0 spiro atoms. The van der Waals surface area contributed by atoms with Crippen LogP contribution < -0.4 is 1.50 Å². The van der Waals surface area contributed by atoms with E-state index in [1.165, 1.54) is 5.56 Å². The molecule has 0 bridgehead atoms. The van der Waals surface area contributed by atoms with Gasteiger partial charge in [0, 0.05) is 0 Å². The van der Waals surface area contributed by atoms with Crippen LogP contribution >= 0.6 is 0 Å². The topological polar surface area (TPSA) is 9.23 Å². The zero-order valence-corrected chi connectivity index (χ0v) is 6.86. The molecule has 1 rings (SSSR count). The van der Waals surface area contributed by atoms with Crippen LogP contribution in [0.4, 0.5) is 0 Å². The number of aryl methyl sites for hydroxylation is 1. The fourth-order valence-corrected chi connectivity index (χ4v) is 0.830. The number of hydrogen-bond acceptors (Lipinski definition) is 1. The third-order valence-corrected chi connectivity index (χ3v) is 1.53. The Labute approximate surface area is 79.3 Å². The van der Waals surface area contributed by atoms with Crippen LogP contribution in [0.15, 0.2) is 24.3 Å². The van der Waals surface area contributed by atoms with Crippen molar-refractivity contribution in [1.82, 2.24) is 0 Å². The summed E-state index contributed by atoms with van der Waals surface area (Å²) in [5, 5.41) is 0. The first kappa shape index (κ1) is 7.37. The van der Waals surface area contributed by atoms with Crippen molar-refractivity contribution in [3.8, 4) is 5.75 Å². The van der Waals surface area contributed by atoms with Gasteiger partial charge >= 0.3 is 79.9 Å². The van der Waals surface area contributed by atoms with Gasteiger partial charge in [0.25, 0.3) is 0 Å². The molecule has 53 valence electrons. The van der Waals surface area contributed by atoms with E-state index in [1.54, 1.807) is 0 Å². The van der Waals surface area contributed by atoms with Crippen LogP contribution in [0.1, 0.15) is 5.56 Å². The van der Waals surface area contributed by atoms with Crippen LogP contribution in [0.2, 0.25) is 0 Å². The Morgan fingerprint density at radius 1 is 1.22 bits per heavy atom. The van der Waals surface area contributed by atoms with Gasteiger partial charge in [-0.25, -0.2) is 0 Å². The number of rotatable bonds is 1. The van der Waals surface area contributed by atoms with Gasteiger partial charge in [0.05, 0.1) is 0 Å². The molecule has 0 unspecified atom stereocenters.